The monoisotopic (exact) mass is 288 g/mol. The fourth-order valence-corrected chi connectivity index (χ4v) is 2.21. The van der Waals surface area contributed by atoms with Gasteiger partial charge in [0.15, 0.2) is 5.84 Å². The van der Waals surface area contributed by atoms with Crippen molar-refractivity contribution < 1.29 is 0 Å². The van der Waals surface area contributed by atoms with E-state index in [-0.39, 0.29) is 5.41 Å². The van der Waals surface area contributed by atoms with E-state index in [4.69, 9.17) is 0 Å². The van der Waals surface area contributed by atoms with Crippen molar-refractivity contribution in [1.82, 2.24) is 10.9 Å². The third-order valence-corrected chi connectivity index (χ3v) is 3.75. The second kappa shape index (κ2) is 6.13. The van der Waals surface area contributed by atoms with Gasteiger partial charge in [-0.15, -0.1) is 11.7 Å². The van der Waals surface area contributed by atoms with E-state index >= 15 is 0 Å². The van der Waals surface area contributed by atoms with E-state index in [2.05, 4.69) is 72.7 Å². The minimum Gasteiger partial charge on any atom is -0.257 e. The van der Waals surface area contributed by atoms with Crippen molar-refractivity contribution in [1.29, 1.82) is 0 Å². The zero-order valence-corrected chi connectivity index (χ0v) is 12.9. The Hall–Kier alpha value is -1.75. The van der Waals surface area contributed by atoms with Crippen LogP contribution in [0.2, 0.25) is 0 Å². The smallest absolute Gasteiger partial charge is 0.201 e. The van der Waals surface area contributed by atoms with Crippen LogP contribution in [0.4, 0.5) is 0 Å². The highest BCUT2D eigenvalue weighted by atomic mass is 32.2. The molecular weight excluding hydrogens is 268 g/mol. The first kappa shape index (κ1) is 14.7. The van der Waals surface area contributed by atoms with Gasteiger partial charge in [0.1, 0.15) is 0 Å². The highest BCUT2D eigenvalue weighted by Gasteiger charge is 2.14. The lowest BCUT2D eigenvalue weighted by Gasteiger charge is -2.20. The lowest BCUT2D eigenvalue weighted by Crippen LogP contribution is -2.32. The Labute approximate surface area is 124 Å². The van der Waals surface area contributed by atoms with Gasteiger partial charge in [0, 0.05) is 11.3 Å². The number of hydrazone groups is 2. The summed E-state index contributed by atoms with van der Waals surface area (Å²) in [6.45, 7) is 10.3. The quantitative estimate of drug-likeness (QED) is 0.841. The summed E-state index contributed by atoms with van der Waals surface area (Å²) in [5, 5.41) is 9.28. The molecule has 2 N–H and O–H groups in total. The molecular formula is C15H20N4S. The van der Waals surface area contributed by atoms with Crippen molar-refractivity contribution in [3.63, 3.8) is 0 Å². The normalized spacial score (nSPS) is 14.8. The van der Waals surface area contributed by atoms with Crippen LogP contribution < -0.4 is 10.9 Å². The van der Waals surface area contributed by atoms with Crippen LogP contribution in [0, 0.1) is 0 Å². The van der Waals surface area contributed by atoms with Crippen LogP contribution in [0.5, 0.6) is 0 Å². The number of benzene rings is 1. The highest BCUT2D eigenvalue weighted by Crippen LogP contribution is 2.22. The minimum absolute atomic E-state index is 0.158. The molecule has 0 spiro atoms. The molecule has 1 heterocycles. The predicted molar refractivity (Wildman–Crippen MR) is 88.0 cm³/mol. The second-order valence-electron chi connectivity index (χ2n) is 5.53. The Kier molecular flexibility index (Phi) is 4.49. The lowest BCUT2D eigenvalue weighted by molar-refractivity contribution is 0.590. The molecule has 0 atom stereocenters. The third-order valence-electron chi connectivity index (χ3n) is 2.89. The molecule has 2 rings (SSSR count). The van der Waals surface area contributed by atoms with Crippen molar-refractivity contribution in [2.24, 2.45) is 10.2 Å². The Balaban J connectivity index is 2.04. The number of thioether (sulfide) groups is 1. The van der Waals surface area contributed by atoms with Crippen LogP contribution >= 0.6 is 11.8 Å². The summed E-state index contributed by atoms with van der Waals surface area (Å²) in [7, 11) is 0. The molecule has 0 amide bonds. The van der Waals surface area contributed by atoms with Crippen molar-refractivity contribution in [2.45, 2.75) is 26.2 Å². The molecule has 0 saturated heterocycles. The Bertz CT molecular complexity index is 538. The highest BCUT2D eigenvalue weighted by molar-refractivity contribution is 8.13. The summed E-state index contributed by atoms with van der Waals surface area (Å²) in [5.74, 6) is 1.53. The van der Waals surface area contributed by atoms with Gasteiger partial charge in [0.2, 0.25) is 5.17 Å². The maximum absolute atomic E-state index is 4.30. The summed E-state index contributed by atoms with van der Waals surface area (Å²) < 4.78 is 0. The van der Waals surface area contributed by atoms with E-state index in [1.54, 1.807) is 11.8 Å². The fraction of sp³-hybridized carbons (Fsp3) is 0.333. The molecule has 0 unspecified atom stereocenters. The van der Waals surface area contributed by atoms with Crippen LogP contribution in [-0.2, 0) is 5.41 Å². The average molecular weight is 288 g/mol. The molecule has 4 nitrogen and oxygen atoms in total. The first-order valence-electron chi connectivity index (χ1n) is 6.53. The summed E-state index contributed by atoms with van der Waals surface area (Å²) >= 11 is 1.55. The summed E-state index contributed by atoms with van der Waals surface area (Å²) in [6.07, 6.45) is 1.83. The molecule has 0 saturated carbocycles. The topological polar surface area (TPSA) is 48.8 Å². The van der Waals surface area contributed by atoms with E-state index in [9.17, 15) is 0 Å². The van der Waals surface area contributed by atoms with E-state index in [1.807, 2.05) is 6.08 Å². The standard InChI is InChI=1S/C15H20N4S/c1-5-10-20-14-18-16-13(17-19-14)11-6-8-12(9-7-11)15(2,3)4/h5-9H,1,10H2,2-4H3,(H,16,17)(H,18,19). The number of amidine groups is 2. The molecule has 0 bridgehead atoms. The molecule has 1 aromatic rings. The van der Waals surface area contributed by atoms with Gasteiger partial charge in [-0.25, -0.2) is 0 Å². The van der Waals surface area contributed by atoms with Gasteiger partial charge in [-0.2, -0.15) is 5.10 Å². The van der Waals surface area contributed by atoms with E-state index < -0.39 is 0 Å². The van der Waals surface area contributed by atoms with Gasteiger partial charge >= 0.3 is 0 Å². The number of nitrogens with one attached hydrogen (secondary N) is 2. The van der Waals surface area contributed by atoms with E-state index in [0.717, 1.165) is 22.3 Å². The largest absolute Gasteiger partial charge is 0.257 e. The third kappa shape index (κ3) is 3.63. The van der Waals surface area contributed by atoms with Crippen LogP contribution in [0.3, 0.4) is 0 Å². The van der Waals surface area contributed by atoms with Gasteiger partial charge in [0.05, 0.1) is 0 Å². The summed E-state index contributed by atoms with van der Waals surface area (Å²) in [5.41, 5.74) is 8.39. The Morgan fingerprint density at radius 3 is 2.35 bits per heavy atom. The number of hydrogen-bond donors (Lipinski definition) is 2. The zero-order valence-electron chi connectivity index (χ0n) is 12.1. The zero-order chi connectivity index (χ0) is 14.6. The van der Waals surface area contributed by atoms with Gasteiger partial charge in [-0.1, -0.05) is 62.9 Å². The van der Waals surface area contributed by atoms with Crippen molar-refractivity contribution >= 4 is 22.8 Å². The molecule has 1 aliphatic heterocycles. The molecule has 1 aromatic carbocycles. The van der Waals surface area contributed by atoms with Crippen LogP contribution in [0.15, 0.2) is 47.1 Å². The molecule has 0 aromatic heterocycles. The van der Waals surface area contributed by atoms with Crippen molar-refractivity contribution in [3.05, 3.63) is 48.0 Å². The molecule has 20 heavy (non-hydrogen) atoms. The molecule has 5 heteroatoms. The van der Waals surface area contributed by atoms with Gasteiger partial charge in [0.25, 0.3) is 0 Å². The van der Waals surface area contributed by atoms with Crippen LogP contribution in [-0.4, -0.2) is 16.8 Å². The maximum Gasteiger partial charge on any atom is 0.201 e. The van der Waals surface area contributed by atoms with Gasteiger partial charge in [-0.3, -0.25) is 10.9 Å². The first-order valence-corrected chi connectivity index (χ1v) is 7.51. The SMILES string of the molecule is C=CCSC1=NNC(c2ccc(C(C)(C)C)cc2)=NN1. The summed E-state index contributed by atoms with van der Waals surface area (Å²) in [4.78, 5) is 0. The van der Waals surface area contributed by atoms with Crippen LogP contribution in [0.1, 0.15) is 31.9 Å². The molecule has 0 fully saturated rings. The van der Waals surface area contributed by atoms with Crippen molar-refractivity contribution in [3.8, 4) is 0 Å². The van der Waals surface area contributed by atoms with E-state index in [1.165, 1.54) is 5.56 Å². The number of nitrogens with zero attached hydrogens (tertiary/aromatic N) is 2. The molecule has 0 radical (unpaired) electrons. The van der Waals surface area contributed by atoms with E-state index in [0.29, 0.717) is 0 Å². The summed E-state index contributed by atoms with van der Waals surface area (Å²) in [6, 6.07) is 8.38. The van der Waals surface area contributed by atoms with Crippen LogP contribution in [0.25, 0.3) is 0 Å². The Morgan fingerprint density at radius 2 is 1.85 bits per heavy atom. The average Bonchev–Trinajstić information content (AvgIpc) is 2.45. The molecule has 1 aliphatic rings. The minimum atomic E-state index is 0.158. The maximum atomic E-state index is 4.30. The first-order chi connectivity index (χ1) is 9.50. The Morgan fingerprint density at radius 1 is 1.15 bits per heavy atom. The lowest BCUT2D eigenvalue weighted by atomic mass is 9.86. The van der Waals surface area contributed by atoms with Gasteiger partial charge < -0.3 is 0 Å². The second-order valence-corrected chi connectivity index (χ2v) is 6.54. The number of hydrogen-bond acceptors (Lipinski definition) is 5. The predicted octanol–water partition coefficient (Wildman–Crippen LogP) is 3.03. The molecule has 106 valence electrons. The fourth-order valence-electron chi connectivity index (χ4n) is 1.72. The van der Waals surface area contributed by atoms with Crippen molar-refractivity contribution in [2.75, 3.05) is 5.75 Å². The molecule has 0 aliphatic carbocycles. The van der Waals surface area contributed by atoms with Gasteiger partial charge in [-0.05, 0) is 11.0 Å². The number of rotatable bonds is 3.